The average molecular weight is 467 g/mol. The average Bonchev–Trinajstić information content (AvgIpc) is 3.46. The molecule has 2 aromatic rings. The van der Waals surface area contributed by atoms with E-state index in [2.05, 4.69) is 17.1 Å². The molecule has 5 rings (SSSR count). The standard InChI is InChI=1S/C27H38N4O3/c1-4-29-14-8-11-21(29)17-31-25(32)24-15-19-12-13-22(34-3)16-23(19)30(24)18-27(31,2)26(33)28-20-9-6-5-7-10-20/h12-13,15-16,20-21H,4-11,14,17-18H2,1-3H3,(H,28,33). The van der Waals surface area contributed by atoms with Crippen molar-refractivity contribution in [2.45, 2.75) is 83.0 Å². The van der Waals surface area contributed by atoms with Crippen LogP contribution < -0.4 is 10.1 Å². The Morgan fingerprint density at radius 2 is 1.94 bits per heavy atom. The number of likely N-dealkylation sites (N-methyl/N-ethyl adjacent to an activating group) is 1. The van der Waals surface area contributed by atoms with Gasteiger partial charge in [-0.15, -0.1) is 0 Å². The molecule has 1 aliphatic carbocycles. The summed E-state index contributed by atoms with van der Waals surface area (Å²) in [5, 5.41) is 4.34. The fourth-order valence-electron chi connectivity index (χ4n) is 6.26. The van der Waals surface area contributed by atoms with Gasteiger partial charge in [-0.2, -0.15) is 0 Å². The molecule has 2 aliphatic heterocycles. The largest absolute Gasteiger partial charge is 0.497 e. The number of carbonyl (C=O) groups is 2. The van der Waals surface area contributed by atoms with E-state index in [1.54, 1.807) is 7.11 Å². The third-order valence-electron chi connectivity index (χ3n) is 8.37. The van der Waals surface area contributed by atoms with Crippen LogP contribution in [0.3, 0.4) is 0 Å². The molecule has 1 aromatic heterocycles. The topological polar surface area (TPSA) is 66.8 Å². The summed E-state index contributed by atoms with van der Waals surface area (Å²) in [5.41, 5.74) is 0.654. The van der Waals surface area contributed by atoms with Crippen LogP contribution in [0.4, 0.5) is 0 Å². The number of nitrogens with zero attached hydrogens (tertiary/aromatic N) is 3. The van der Waals surface area contributed by atoms with Gasteiger partial charge in [0.1, 0.15) is 17.0 Å². The summed E-state index contributed by atoms with van der Waals surface area (Å²) in [7, 11) is 1.65. The molecule has 0 bridgehead atoms. The Labute approximate surface area is 202 Å². The number of fused-ring (bicyclic) bond motifs is 3. The zero-order valence-electron chi connectivity index (χ0n) is 20.8. The summed E-state index contributed by atoms with van der Waals surface area (Å²) >= 11 is 0. The number of rotatable bonds is 6. The molecular weight excluding hydrogens is 428 g/mol. The zero-order chi connectivity index (χ0) is 23.9. The van der Waals surface area contributed by atoms with Gasteiger partial charge in [0, 0.05) is 30.1 Å². The van der Waals surface area contributed by atoms with Crippen molar-refractivity contribution in [3.8, 4) is 5.75 Å². The second-order valence-corrected chi connectivity index (χ2v) is 10.5. The molecule has 3 aliphatic rings. The van der Waals surface area contributed by atoms with Gasteiger partial charge < -0.3 is 19.5 Å². The zero-order valence-corrected chi connectivity index (χ0v) is 20.8. The van der Waals surface area contributed by atoms with E-state index in [4.69, 9.17) is 4.74 Å². The predicted molar refractivity (Wildman–Crippen MR) is 133 cm³/mol. The van der Waals surface area contributed by atoms with E-state index in [0.29, 0.717) is 24.8 Å². The third-order valence-corrected chi connectivity index (χ3v) is 8.37. The molecule has 1 N–H and O–H groups in total. The highest BCUT2D eigenvalue weighted by molar-refractivity contribution is 6.03. The fourth-order valence-corrected chi connectivity index (χ4v) is 6.26. The van der Waals surface area contributed by atoms with Crippen molar-refractivity contribution in [1.29, 1.82) is 0 Å². The lowest BCUT2D eigenvalue weighted by Crippen LogP contribution is -2.66. The Bertz CT molecular complexity index is 1070. The highest BCUT2D eigenvalue weighted by atomic mass is 16.5. The Kier molecular flexibility index (Phi) is 6.32. The number of methoxy groups -OCH3 is 1. The number of aromatic nitrogens is 1. The molecule has 0 radical (unpaired) electrons. The maximum atomic E-state index is 14.0. The number of benzene rings is 1. The molecule has 1 aromatic carbocycles. The van der Waals surface area contributed by atoms with Crippen molar-refractivity contribution in [3.05, 3.63) is 30.0 Å². The normalized spacial score (nSPS) is 26.1. The lowest BCUT2D eigenvalue weighted by atomic mass is 9.91. The number of nitrogens with one attached hydrogen (secondary N) is 1. The van der Waals surface area contributed by atoms with E-state index in [0.717, 1.165) is 68.3 Å². The van der Waals surface area contributed by atoms with E-state index in [-0.39, 0.29) is 17.9 Å². The summed E-state index contributed by atoms with van der Waals surface area (Å²) in [6.07, 6.45) is 7.81. The monoisotopic (exact) mass is 466 g/mol. The minimum atomic E-state index is -0.946. The highest BCUT2D eigenvalue weighted by Gasteiger charge is 2.49. The van der Waals surface area contributed by atoms with Crippen LogP contribution in [0.2, 0.25) is 0 Å². The Morgan fingerprint density at radius 3 is 2.68 bits per heavy atom. The Balaban J connectivity index is 1.53. The summed E-state index contributed by atoms with van der Waals surface area (Å²) < 4.78 is 7.48. The molecule has 2 fully saturated rings. The molecule has 2 atom stereocenters. The first kappa shape index (κ1) is 23.2. The first-order chi connectivity index (χ1) is 16.4. The third kappa shape index (κ3) is 3.98. The minimum Gasteiger partial charge on any atom is -0.497 e. The summed E-state index contributed by atoms with van der Waals surface area (Å²) in [6.45, 7) is 7.21. The number of hydrogen-bond donors (Lipinski definition) is 1. The first-order valence-corrected chi connectivity index (χ1v) is 13.0. The first-order valence-electron chi connectivity index (χ1n) is 13.0. The number of ether oxygens (including phenoxy) is 1. The summed E-state index contributed by atoms with van der Waals surface area (Å²) in [5.74, 6) is 0.677. The highest BCUT2D eigenvalue weighted by Crippen LogP contribution is 2.35. The van der Waals surface area contributed by atoms with Crippen molar-refractivity contribution in [2.24, 2.45) is 0 Å². The van der Waals surface area contributed by atoms with Gasteiger partial charge in [0.25, 0.3) is 5.91 Å². The maximum Gasteiger partial charge on any atom is 0.271 e. The van der Waals surface area contributed by atoms with Crippen molar-refractivity contribution < 1.29 is 14.3 Å². The molecule has 3 heterocycles. The molecule has 0 spiro atoms. The number of carbonyl (C=O) groups excluding carboxylic acids is 2. The molecule has 2 amide bonds. The number of likely N-dealkylation sites (tertiary alicyclic amines) is 1. The van der Waals surface area contributed by atoms with Gasteiger partial charge in [-0.05, 0) is 63.9 Å². The van der Waals surface area contributed by atoms with Gasteiger partial charge in [-0.1, -0.05) is 26.2 Å². The van der Waals surface area contributed by atoms with E-state index in [1.165, 1.54) is 6.42 Å². The van der Waals surface area contributed by atoms with Crippen LogP contribution in [0.5, 0.6) is 5.75 Å². The van der Waals surface area contributed by atoms with Gasteiger partial charge in [0.05, 0.1) is 19.2 Å². The van der Waals surface area contributed by atoms with E-state index in [1.807, 2.05) is 40.7 Å². The molecule has 7 nitrogen and oxygen atoms in total. The second-order valence-electron chi connectivity index (χ2n) is 10.5. The van der Waals surface area contributed by atoms with Gasteiger partial charge in [-0.3, -0.25) is 14.5 Å². The van der Waals surface area contributed by atoms with E-state index < -0.39 is 5.54 Å². The summed E-state index contributed by atoms with van der Waals surface area (Å²) in [4.78, 5) is 32.2. The quantitative estimate of drug-likeness (QED) is 0.703. The predicted octanol–water partition coefficient (Wildman–Crippen LogP) is 3.80. The van der Waals surface area contributed by atoms with Crippen LogP contribution >= 0.6 is 0 Å². The fraction of sp³-hybridized carbons (Fsp3) is 0.630. The van der Waals surface area contributed by atoms with Crippen molar-refractivity contribution in [2.75, 3.05) is 26.7 Å². The van der Waals surface area contributed by atoms with E-state index >= 15 is 0 Å². The van der Waals surface area contributed by atoms with Crippen LogP contribution in [0.1, 0.15) is 69.3 Å². The lowest BCUT2D eigenvalue weighted by Gasteiger charge is -2.46. The van der Waals surface area contributed by atoms with Crippen LogP contribution in [0, 0.1) is 0 Å². The van der Waals surface area contributed by atoms with Gasteiger partial charge in [-0.25, -0.2) is 0 Å². The minimum absolute atomic E-state index is 0.0239. The molecule has 2 unspecified atom stereocenters. The van der Waals surface area contributed by atoms with Crippen LogP contribution in [0.25, 0.3) is 10.9 Å². The maximum absolute atomic E-state index is 14.0. The van der Waals surface area contributed by atoms with Crippen LogP contribution in [-0.2, 0) is 11.3 Å². The Hall–Kier alpha value is -2.54. The molecule has 34 heavy (non-hydrogen) atoms. The van der Waals surface area contributed by atoms with Crippen LogP contribution in [0.15, 0.2) is 24.3 Å². The van der Waals surface area contributed by atoms with Crippen molar-refractivity contribution >= 4 is 22.7 Å². The van der Waals surface area contributed by atoms with Gasteiger partial charge >= 0.3 is 0 Å². The summed E-state index contributed by atoms with van der Waals surface area (Å²) in [6, 6.07) is 8.35. The lowest BCUT2D eigenvalue weighted by molar-refractivity contribution is -0.134. The van der Waals surface area contributed by atoms with Gasteiger partial charge in [0.2, 0.25) is 5.91 Å². The SMILES string of the molecule is CCN1CCCC1CN1C(=O)c2cc3ccc(OC)cc3n2CC1(C)C(=O)NC1CCCCC1. The number of hydrogen-bond acceptors (Lipinski definition) is 4. The molecule has 184 valence electrons. The molecule has 1 saturated heterocycles. The number of amides is 2. The van der Waals surface area contributed by atoms with Crippen molar-refractivity contribution in [3.63, 3.8) is 0 Å². The second kappa shape index (κ2) is 9.25. The molecular formula is C27H38N4O3. The Morgan fingerprint density at radius 1 is 1.15 bits per heavy atom. The van der Waals surface area contributed by atoms with E-state index in [9.17, 15) is 9.59 Å². The smallest absolute Gasteiger partial charge is 0.271 e. The molecule has 1 saturated carbocycles. The van der Waals surface area contributed by atoms with Gasteiger partial charge in [0.15, 0.2) is 0 Å². The van der Waals surface area contributed by atoms with Crippen molar-refractivity contribution in [1.82, 2.24) is 19.7 Å². The van der Waals surface area contributed by atoms with Crippen LogP contribution in [-0.4, -0.2) is 70.5 Å². The molecule has 7 heteroatoms.